The third-order valence-corrected chi connectivity index (χ3v) is 6.95. The van der Waals surface area contributed by atoms with E-state index in [-0.39, 0.29) is 38.5 Å². The molecule has 0 N–H and O–H groups in total. The Morgan fingerprint density at radius 2 is 1.50 bits per heavy atom. The summed E-state index contributed by atoms with van der Waals surface area (Å²) in [5.41, 5.74) is 5.03. The molecule has 1 radical (unpaired) electrons. The zero-order chi connectivity index (χ0) is 28.5. The topological polar surface area (TPSA) is 65.6 Å². The second kappa shape index (κ2) is 12.7. The van der Waals surface area contributed by atoms with Gasteiger partial charge in [0.25, 0.3) is 0 Å². The predicted octanol–water partition coefficient (Wildman–Crippen LogP) is 8.94. The maximum atomic E-state index is 5.88. The number of nitrogens with zero attached hydrogens (tertiary/aromatic N) is 6. The molecule has 3 aromatic heterocycles. The average Bonchev–Trinajstić information content (AvgIpc) is 3.65. The number of rotatable bonds is 6. The Morgan fingerprint density at radius 3 is 2.21 bits per heavy atom. The van der Waals surface area contributed by atoms with E-state index in [0.717, 1.165) is 38.7 Å². The molecule has 7 rings (SSSR count). The van der Waals surface area contributed by atoms with Gasteiger partial charge in [-0.3, -0.25) is 4.98 Å². The van der Waals surface area contributed by atoms with E-state index >= 15 is 0 Å². The van der Waals surface area contributed by atoms with E-state index in [0.29, 0.717) is 0 Å². The number of aromatic nitrogens is 2. The van der Waals surface area contributed by atoms with Crippen LogP contribution in [-0.4, -0.2) is 33.6 Å². The molecule has 0 unspecified atom stereocenters. The molecule has 0 bridgehead atoms. The van der Waals surface area contributed by atoms with E-state index in [1.807, 2.05) is 78.6 Å². The fourth-order valence-corrected chi connectivity index (χ4v) is 5.20. The smallest absolute Gasteiger partial charge is 0.120 e. The second-order valence-corrected chi connectivity index (χ2v) is 10.8. The van der Waals surface area contributed by atoms with Gasteiger partial charge in [-0.15, -0.1) is 23.8 Å². The summed E-state index contributed by atoms with van der Waals surface area (Å²) in [5, 5.41) is 14.3. The van der Waals surface area contributed by atoms with Gasteiger partial charge in [0.05, 0.1) is 11.7 Å². The molecule has 219 valence electrons. The van der Waals surface area contributed by atoms with Crippen LogP contribution in [0.25, 0.3) is 54.4 Å². The van der Waals surface area contributed by atoms with Crippen molar-refractivity contribution in [1.82, 2.24) is 14.5 Å². The minimum atomic E-state index is -0.216. The first-order valence-electron chi connectivity index (χ1n) is 14.0. The van der Waals surface area contributed by atoms with Crippen LogP contribution in [0.4, 0.5) is 5.69 Å². The Hall–Kier alpha value is -3.68. The molecule has 4 heterocycles. The number of benzene rings is 3. The van der Waals surface area contributed by atoms with Crippen molar-refractivity contribution in [2.24, 2.45) is 0 Å². The van der Waals surface area contributed by atoms with Gasteiger partial charge in [0.15, 0.2) is 0 Å². The molecule has 0 atom stereocenters. The van der Waals surface area contributed by atoms with Crippen molar-refractivity contribution >= 4 is 49.4 Å². The van der Waals surface area contributed by atoms with Crippen LogP contribution in [0.1, 0.15) is 34.0 Å². The van der Waals surface area contributed by atoms with Gasteiger partial charge in [-0.05, 0) is 43.0 Å². The predicted molar refractivity (Wildman–Crippen MR) is 170 cm³/mol. The van der Waals surface area contributed by atoms with Crippen molar-refractivity contribution in [2.45, 2.75) is 46.1 Å². The zero-order valence-corrected chi connectivity index (χ0v) is 26.8. The average molecular weight is 735 g/mol. The monoisotopic (exact) mass is 735 g/mol. The van der Waals surface area contributed by atoms with Crippen molar-refractivity contribution in [3.8, 4) is 0 Å². The van der Waals surface area contributed by atoms with Crippen LogP contribution in [0.3, 0.4) is 0 Å². The number of furan rings is 1. The summed E-state index contributed by atoms with van der Waals surface area (Å²) in [4.78, 5) is 8.32. The van der Waals surface area contributed by atoms with E-state index < -0.39 is 0 Å². The number of anilines is 1. The Balaban J connectivity index is 0.000000165. The van der Waals surface area contributed by atoms with E-state index in [4.69, 9.17) is 15.1 Å². The third-order valence-electron chi connectivity index (χ3n) is 6.95. The van der Waals surface area contributed by atoms with Gasteiger partial charge in [0.2, 0.25) is 0 Å². The molecule has 0 saturated heterocycles. The molecule has 0 fully saturated rings. The van der Waals surface area contributed by atoms with Gasteiger partial charge in [-0.1, -0.05) is 69.5 Å². The molecule has 3 aromatic carbocycles. The van der Waals surface area contributed by atoms with E-state index in [9.17, 15) is 0 Å². The maximum Gasteiger partial charge on any atom is 0.120 e. The molecular formula is C34H34IrN6O-4. The normalized spacial score (nSPS) is 13.2. The number of fused-ring (bicyclic) bond motifs is 6. The quantitative estimate of drug-likeness (QED) is 0.160. The van der Waals surface area contributed by atoms with Crippen LogP contribution in [0.15, 0.2) is 95.9 Å². The van der Waals surface area contributed by atoms with Gasteiger partial charge < -0.3 is 29.4 Å². The molecule has 8 heteroatoms. The van der Waals surface area contributed by atoms with Gasteiger partial charge in [0, 0.05) is 48.2 Å². The SMILES string of the molecule is CC(C)[N-]C([N-]C(C)C)n1c2ccccc2c2ccncc21.CN1C=CN(c2[c-]cc3c(c2)oc2ccccc23)[CH-]1.[Ir]. The number of para-hydroxylation sites is 2. The molecule has 42 heavy (non-hydrogen) atoms. The van der Waals surface area contributed by atoms with E-state index in [1.165, 1.54) is 10.8 Å². The van der Waals surface area contributed by atoms with Crippen molar-refractivity contribution < 1.29 is 24.5 Å². The number of hydrogen-bond acceptors (Lipinski definition) is 4. The molecular weight excluding hydrogens is 701 g/mol. The van der Waals surface area contributed by atoms with E-state index in [2.05, 4.69) is 79.7 Å². The summed E-state index contributed by atoms with van der Waals surface area (Å²) in [6.45, 7) is 10.4. The largest absolute Gasteiger partial charge is 0.658 e. The summed E-state index contributed by atoms with van der Waals surface area (Å²) in [7, 11) is 2.00. The Bertz CT molecular complexity index is 1780. The Kier molecular flexibility index (Phi) is 8.99. The minimum absolute atomic E-state index is 0. The summed E-state index contributed by atoms with van der Waals surface area (Å²) < 4.78 is 8.09. The second-order valence-electron chi connectivity index (χ2n) is 10.8. The first-order chi connectivity index (χ1) is 19.9. The fraction of sp³-hybridized carbons (Fsp3) is 0.235. The summed E-state index contributed by atoms with van der Waals surface area (Å²) in [6, 6.07) is 26.3. The maximum absolute atomic E-state index is 5.88. The van der Waals surface area contributed by atoms with Crippen LogP contribution in [0.5, 0.6) is 0 Å². The Morgan fingerprint density at radius 1 is 0.810 bits per heavy atom. The van der Waals surface area contributed by atoms with E-state index in [1.54, 1.807) is 0 Å². The molecule has 6 aromatic rings. The van der Waals surface area contributed by atoms with Gasteiger partial charge in [0.1, 0.15) is 5.58 Å². The summed E-state index contributed by atoms with van der Waals surface area (Å²) in [6.07, 6.45) is 7.53. The molecule has 0 saturated carbocycles. The molecule has 1 aliphatic rings. The van der Waals surface area contributed by atoms with Crippen molar-refractivity contribution in [1.29, 1.82) is 0 Å². The van der Waals surface area contributed by atoms with Crippen molar-refractivity contribution in [3.63, 3.8) is 0 Å². The minimum Gasteiger partial charge on any atom is -0.658 e. The first kappa shape index (κ1) is 29.8. The zero-order valence-electron chi connectivity index (χ0n) is 24.4. The van der Waals surface area contributed by atoms with Crippen molar-refractivity contribution in [3.05, 3.63) is 115 Å². The fourth-order valence-electron chi connectivity index (χ4n) is 5.20. The number of hydrogen-bond donors (Lipinski definition) is 0. The van der Waals surface area contributed by atoms with Gasteiger partial charge in [-0.25, -0.2) is 0 Å². The summed E-state index contributed by atoms with van der Waals surface area (Å²) >= 11 is 0. The first-order valence-corrected chi connectivity index (χ1v) is 14.0. The van der Waals surface area contributed by atoms with Crippen molar-refractivity contribution in [2.75, 3.05) is 11.9 Å². The van der Waals surface area contributed by atoms with Crippen LogP contribution in [0.2, 0.25) is 0 Å². The molecule has 0 spiro atoms. The molecule has 0 aliphatic carbocycles. The van der Waals surface area contributed by atoms with Crippen LogP contribution in [-0.2, 0) is 20.1 Å². The molecule has 1 aliphatic heterocycles. The molecule has 0 amide bonds. The number of pyridine rings is 1. The standard InChI is InChI=1S/C18H22N4.C16H12N2O.Ir/c1-12(2)20-18(21-13(3)4)22-16-8-6-5-7-14(16)15-9-10-19-11-17(15)22;1-17-8-9-18(11-17)12-6-7-14-13-4-2-3-5-15(13)19-16(14)10-12;/h5-13,18H,1-4H3;2-5,7-11H,1H3;/q2*-2;. The van der Waals surface area contributed by atoms with Gasteiger partial charge in [-0.2, -0.15) is 25.1 Å². The Labute approximate surface area is 260 Å². The van der Waals surface area contributed by atoms with Crippen LogP contribution < -0.4 is 4.90 Å². The van der Waals surface area contributed by atoms with Crippen LogP contribution >= 0.6 is 0 Å². The molecule has 7 nitrogen and oxygen atoms in total. The third kappa shape index (κ3) is 5.94. The van der Waals surface area contributed by atoms with Gasteiger partial charge >= 0.3 is 0 Å². The van der Waals surface area contributed by atoms with Crippen LogP contribution in [0, 0.1) is 12.7 Å². The summed E-state index contributed by atoms with van der Waals surface area (Å²) in [5.74, 6) is 0.